The van der Waals surface area contributed by atoms with Gasteiger partial charge in [0.25, 0.3) is 10.2 Å². The van der Waals surface area contributed by atoms with Crippen LogP contribution in [0.1, 0.15) is 29.5 Å². The molecule has 0 aliphatic carbocycles. The van der Waals surface area contributed by atoms with Gasteiger partial charge in [-0.1, -0.05) is 17.7 Å². The van der Waals surface area contributed by atoms with Crippen LogP contribution in [0.4, 0.5) is 4.39 Å². The Morgan fingerprint density at radius 1 is 1.35 bits per heavy atom. The van der Waals surface area contributed by atoms with Crippen LogP contribution in [0.2, 0.25) is 5.02 Å². The molecule has 4 atom stereocenters. The summed E-state index contributed by atoms with van der Waals surface area (Å²) >= 11 is 7.68. The summed E-state index contributed by atoms with van der Waals surface area (Å²) in [4.78, 5) is 23.6. The third kappa shape index (κ3) is 5.70. The number of morpholine rings is 1. The SMILES string of the molecule is NS(=O)(=O)N[C@H]1C[C@H]2COC[C@@H](C1)N2CC1=C(C(=O)O)[C@H](c2ccc(F)cc2Cl)N=C(c2nccs2)N1. The minimum atomic E-state index is -3.87. The number of rotatable bonds is 7. The lowest BCUT2D eigenvalue weighted by Crippen LogP contribution is -2.62. The van der Waals surface area contributed by atoms with Gasteiger partial charge in [0.15, 0.2) is 10.8 Å². The van der Waals surface area contributed by atoms with Crippen LogP contribution in [-0.2, 0) is 19.7 Å². The zero-order valence-corrected chi connectivity index (χ0v) is 21.7. The normalized spacial score (nSPS) is 26.5. The maximum Gasteiger partial charge on any atom is 0.335 e. The van der Waals surface area contributed by atoms with Gasteiger partial charge in [0.2, 0.25) is 0 Å². The number of hydrogen-bond donors (Lipinski definition) is 4. The molecule has 0 unspecified atom stereocenters. The van der Waals surface area contributed by atoms with Crippen molar-refractivity contribution in [2.75, 3.05) is 19.8 Å². The number of aliphatic carboxylic acids is 1. The summed E-state index contributed by atoms with van der Waals surface area (Å²) in [5, 5.41) is 21.0. The molecule has 0 amide bonds. The maximum atomic E-state index is 13.8. The van der Waals surface area contributed by atoms with E-state index in [4.69, 9.17) is 21.5 Å². The van der Waals surface area contributed by atoms with Gasteiger partial charge in [0.05, 0.1) is 18.8 Å². The van der Waals surface area contributed by atoms with E-state index in [-0.39, 0.29) is 35.3 Å². The molecule has 1 aromatic heterocycles. The highest BCUT2D eigenvalue weighted by atomic mass is 35.5. The number of amidine groups is 1. The number of aliphatic imine (C=N–C) groups is 1. The summed E-state index contributed by atoms with van der Waals surface area (Å²) in [6.07, 6.45) is 2.51. The number of carboxylic acid groups (broad SMARTS) is 1. The molecule has 0 radical (unpaired) electrons. The van der Waals surface area contributed by atoms with E-state index in [1.807, 2.05) is 0 Å². The number of halogens is 2. The largest absolute Gasteiger partial charge is 0.478 e. The number of aromatic nitrogens is 1. The molecule has 15 heteroatoms. The van der Waals surface area contributed by atoms with Crippen LogP contribution in [0.25, 0.3) is 0 Å². The molecule has 198 valence electrons. The molecule has 3 aliphatic rings. The Morgan fingerprint density at radius 2 is 2.08 bits per heavy atom. The Labute approximate surface area is 221 Å². The standard InChI is InChI=1S/C22H24ClFN6O5S2/c23-16-5-11(24)1-2-15(16)19-18(22(31)32)17(27-20(28-19)21-26-3-4-36-21)8-30-13-6-12(29-37(25,33)34)7-14(30)10-35-9-13/h1-5,12-14,19,29H,6-10H2,(H,27,28)(H,31,32)(H2,25,33,34)/t12-,13-,14+,19-/m0/s1. The molecule has 1 aromatic carbocycles. The van der Waals surface area contributed by atoms with E-state index in [1.165, 1.54) is 23.5 Å². The highest BCUT2D eigenvalue weighted by Gasteiger charge is 2.42. The number of carbonyl (C=O) groups is 1. The Bertz CT molecular complexity index is 1360. The van der Waals surface area contributed by atoms with Gasteiger partial charge in [0, 0.05) is 52.5 Å². The first-order chi connectivity index (χ1) is 17.6. The molecular weight excluding hydrogens is 547 g/mol. The van der Waals surface area contributed by atoms with Crippen LogP contribution in [0.15, 0.2) is 46.0 Å². The molecule has 5 N–H and O–H groups in total. The maximum absolute atomic E-state index is 13.8. The quantitative estimate of drug-likeness (QED) is 0.388. The predicted octanol–water partition coefficient (Wildman–Crippen LogP) is 1.39. The predicted molar refractivity (Wildman–Crippen MR) is 135 cm³/mol. The third-order valence-electron chi connectivity index (χ3n) is 6.59. The fourth-order valence-electron chi connectivity index (χ4n) is 5.13. The molecule has 2 saturated heterocycles. The van der Waals surface area contributed by atoms with Crippen LogP contribution >= 0.6 is 22.9 Å². The van der Waals surface area contributed by atoms with Gasteiger partial charge in [-0.25, -0.2) is 19.3 Å². The number of carboxylic acids is 1. The van der Waals surface area contributed by atoms with E-state index in [1.54, 1.807) is 11.6 Å². The van der Waals surface area contributed by atoms with Crippen LogP contribution < -0.4 is 15.2 Å². The number of fused-ring (bicyclic) bond motifs is 2. The van der Waals surface area contributed by atoms with Gasteiger partial charge in [-0.2, -0.15) is 13.1 Å². The molecule has 2 bridgehead atoms. The van der Waals surface area contributed by atoms with Gasteiger partial charge in [-0.05, 0) is 25.0 Å². The van der Waals surface area contributed by atoms with E-state index < -0.39 is 28.0 Å². The molecule has 0 spiro atoms. The Hall–Kier alpha value is -2.46. The summed E-state index contributed by atoms with van der Waals surface area (Å²) < 4.78 is 45.2. The summed E-state index contributed by atoms with van der Waals surface area (Å²) in [7, 11) is -3.87. The average Bonchev–Trinajstić information content (AvgIpc) is 3.33. The first kappa shape index (κ1) is 26.2. The van der Waals surface area contributed by atoms with Crippen LogP contribution in [0.5, 0.6) is 0 Å². The lowest BCUT2D eigenvalue weighted by Gasteiger charge is -2.49. The van der Waals surface area contributed by atoms with E-state index in [0.29, 0.717) is 48.2 Å². The third-order valence-corrected chi connectivity index (χ3v) is 8.36. The molecule has 37 heavy (non-hydrogen) atoms. The fourth-order valence-corrected chi connectivity index (χ4v) is 6.64. The summed E-state index contributed by atoms with van der Waals surface area (Å²) in [6.45, 7) is 0.924. The zero-order chi connectivity index (χ0) is 26.3. The van der Waals surface area contributed by atoms with E-state index in [0.717, 1.165) is 6.07 Å². The van der Waals surface area contributed by atoms with Gasteiger partial charge in [0.1, 0.15) is 11.9 Å². The van der Waals surface area contributed by atoms with E-state index in [9.17, 15) is 22.7 Å². The molecule has 0 saturated carbocycles. The van der Waals surface area contributed by atoms with Crippen LogP contribution in [0.3, 0.4) is 0 Å². The molecule has 2 aromatic rings. The second-order valence-corrected chi connectivity index (χ2v) is 11.7. The van der Waals surface area contributed by atoms with Crippen molar-refractivity contribution >= 4 is 45.0 Å². The number of nitrogens with zero attached hydrogens (tertiary/aromatic N) is 3. The molecule has 11 nitrogen and oxygen atoms in total. The minimum Gasteiger partial charge on any atom is -0.478 e. The van der Waals surface area contributed by atoms with Crippen molar-refractivity contribution in [2.24, 2.45) is 10.1 Å². The molecule has 4 heterocycles. The zero-order valence-electron chi connectivity index (χ0n) is 19.3. The first-order valence-corrected chi connectivity index (χ1v) is 14.2. The monoisotopic (exact) mass is 570 g/mol. The molecule has 2 fully saturated rings. The van der Waals surface area contributed by atoms with Gasteiger partial charge in [-0.3, -0.25) is 9.89 Å². The summed E-state index contributed by atoms with van der Waals surface area (Å²) in [5.74, 6) is -1.36. The average molecular weight is 571 g/mol. The first-order valence-electron chi connectivity index (χ1n) is 11.4. The van der Waals surface area contributed by atoms with Crippen LogP contribution in [-0.4, -0.2) is 73.1 Å². The minimum absolute atomic E-state index is 0.0161. The summed E-state index contributed by atoms with van der Waals surface area (Å²) in [6, 6.07) is 2.07. The molecular formula is C22H24ClFN6O5S2. The molecule has 5 rings (SSSR count). The van der Waals surface area contributed by atoms with Gasteiger partial charge < -0.3 is 15.2 Å². The van der Waals surface area contributed by atoms with Gasteiger partial charge in [-0.15, -0.1) is 11.3 Å². The molecule has 3 aliphatic heterocycles. The number of benzene rings is 1. The number of hydrogen-bond acceptors (Lipinski definition) is 9. The van der Waals surface area contributed by atoms with Crippen molar-refractivity contribution in [1.82, 2.24) is 19.9 Å². The fraction of sp³-hybridized carbons (Fsp3) is 0.409. The topological polar surface area (TPSA) is 159 Å². The lowest BCUT2D eigenvalue weighted by atomic mass is 9.89. The van der Waals surface area contributed by atoms with E-state index >= 15 is 0 Å². The van der Waals surface area contributed by atoms with Crippen molar-refractivity contribution < 1.29 is 27.4 Å². The number of piperidine rings is 1. The second kappa shape index (κ2) is 10.4. The number of nitrogens with two attached hydrogens (primary N) is 1. The number of ether oxygens (including phenoxy) is 1. The summed E-state index contributed by atoms with van der Waals surface area (Å²) in [5.41, 5.74) is 0.735. The van der Waals surface area contributed by atoms with Crippen molar-refractivity contribution in [3.63, 3.8) is 0 Å². The number of nitrogens with one attached hydrogen (secondary N) is 2. The van der Waals surface area contributed by atoms with E-state index in [2.05, 4.69) is 24.9 Å². The van der Waals surface area contributed by atoms with Gasteiger partial charge >= 0.3 is 5.97 Å². The van der Waals surface area contributed by atoms with Crippen LogP contribution in [0, 0.1) is 5.82 Å². The lowest BCUT2D eigenvalue weighted by molar-refractivity contribution is -0.133. The highest BCUT2D eigenvalue weighted by molar-refractivity contribution is 7.87. The van der Waals surface area contributed by atoms with Crippen molar-refractivity contribution in [3.8, 4) is 0 Å². The number of thiazole rings is 1. The Kier molecular flexibility index (Phi) is 7.33. The van der Waals surface area contributed by atoms with Crippen molar-refractivity contribution in [1.29, 1.82) is 0 Å². The Balaban J connectivity index is 1.52. The Morgan fingerprint density at radius 3 is 2.68 bits per heavy atom. The smallest absolute Gasteiger partial charge is 0.335 e. The highest BCUT2D eigenvalue weighted by Crippen LogP contribution is 2.37. The second-order valence-electron chi connectivity index (χ2n) is 9.05. The van der Waals surface area contributed by atoms with Crippen molar-refractivity contribution in [3.05, 3.63) is 62.5 Å². The van der Waals surface area contributed by atoms with Crippen molar-refractivity contribution in [2.45, 2.75) is 37.0 Å².